The molecule has 80 valence electrons. The number of fused-ring (bicyclic) bond motifs is 2. The number of hydrogen-bond donors (Lipinski definition) is 0. The van der Waals surface area contributed by atoms with Crippen LogP contribution in [0.15, 0.2) is 18.2 Å². The lowest BCUT2D eigenvalue weighted by Crippen LogP contribution is -2.24. The highest BCUT2D eigenvalue weighted by Gasteiger charge is 2.57. The number of methoxy groups -OCH3 is 2. The molecule has 0 saturated heterocycles. The smallest absolute Gasteiger partial charge is 0.122 e. The lowest BCUT2D eigenvalue weighted by molar-refractivity contribution is 0.0616. The van der Waals surface area contributed by atoms with Gasteiger partial charge in [-0.25, -0.2) is 0 Å². The second kappa shape index (κ2) is 2.99. The van der Waals surface area contributed by atoms with Crippen LogP contribution >= 0.6 is 0 Å². The van der Waals surface area contributed by atoms with Crippen molar-refractivity contribution in [1.82, 2.24) is 0 Å². The summed E-state index contributed by atoms with van der Waals surface area (Å²) in [6.45, 7) is 0. The predicted molar refractivity (Wildman–Crippen MR) is 58.2 cm³/mol. The highest BCUT2D eigenvalue weighted by Crippen LogP contribution is 2.55. The summed E-state index contributed by atoms with van der Waals surface area (Å²) in [4.78, 5) is 0. The minimum Gasteiger partial charge on any atom is -0.496 e. The standard InChI is InChI=1S/C13H16O2/c1-14-12-5-3-4-9-7-13(15-2)8-10(13)6-11(9)12/h3-5,10H,6-8H2,1-2H3. The molecule has 1 aromatic rings. The molecule has 2 atom stereocenters. The lowest BCUT2D eigenvalue weighted by Gasteiger charge is -2.24. The van der Waals surface area contributed by atoms with Crippen molar-refractivity contribution in [3.05, 3.63) is 29.3 Å². The van der Waals surface area contributed by atoms with Gasteiger partial charge in [-0.2, -0.15) is 0 Å². The fourth-order valence-electron chi connectivity index (χ4n) is 2.92. The van der Waals surface area contributed by atoms with Gasteiger partial charge in [0.2, 0.25) is 0 Å². The summed E-state index contributed by atoms with van der Waals surface area (Å²) in [5.41, 5.74) is 2.97. The Kier molecular flexibility index (Phi) is 1.84. The van der Waals surface area contributed by atoms with E-state index in [-0.39, 0.29) is 5.60 Å². The molecular formula is C13H16O2. The van der Waals surface area contributed by atoms with E-state index < -0.39 is 0 Å². The summed E-state index contributed by atoms with van der Waals surface area (Å²) in [7, 11) is 3.59. The summed E-state index contributed by atoms with van der Waals surface area (Å²) < 4.78 is 11.0. The fourth-order valence-corrected chi connectivity index (χ4v) is 2.92. The van der Waals surface area contributed by atoms with Crippen molar-refractivity contribution in [3.8, 4) is 5.75 Å². The van der Waals surface area contributed by atoms with E-state index in [1.54, 1.807) is 7.11 Å². The second-order valence-electron chi connectivity index (χ2n) is 4.65. The van der Waals surface area contributed by atoms with Crippen molar-refractivity contribution in [2.75, 3.05) is 14.2 Å². The number of benzene rings is 1. The molecule has 0 aromatic heterocycles. The van der Waals surface area contributed by atoms with Gasteiger partial charge in [0.15, 0.2) is 0 Å². The molecule has 0 N–H and O–H groups in total. The summed E-state index contributed by atoms with van der Waals surface area (Å²) in [6, 6.07) is 6.33. The third-order valence-electron chi connectivity index (χ3n) is 3.97. The third kappa shape index (κ3) is 1.21. The first kappa shape index (κ1) is 9.22. The molecule has 2 unspecified atom stereocenters. The van der Waals surface area contributed by atoms with Crippen LogP contribution in [0.25, 0.3) is 0 Å². The van der Waals surface area contributed by atoms with Gasteiger partial charge >= 0.3 is 0 Å². The molecule has 1 aromatic carbocycles. The first-order valence-electron chi connectivity index (χ1n) is 5.49. The normalized spacial score (nSPS) is 31.7. The maximum absolute atomic E-state index is 5.64. The minimum absolute atomic E-state index is 0.166. The van der Waals surface area contributed by atoms with Crippen molar-refractivity contribution in [2.45, 2.75) is 24.9 Å². The molecule has 0 amide bonds. The van der Waals surface area contributed by atoms with E-state index in [2.05, 4.69) is 18.2 Å². The highest BCUT2D eigenvalue weighted by atomic mass is 16.5. The molecule has 0 bridgehead atoms. The van der Waals surface area contributed by atoms with Crippen molar-refractivity contribution < 1.29 is 9.47 Å². The van der Waals surface area contributed by atoms with Gasteiger partial charge < -0.3 is 9.47 Å². The van der Waals surface area contributed by atoms with Crippen molar-refractivity contribution in [1.29, 1.82) is 0 Å². The summed E-state index contributed by atoms with van der Waals surface area (Å²) in [5, 5.41) is 0. The van der Waals surface area contributed by atoms with Gasteiger partial charge in [-0.3, -0.25) is 0 Å². The van der Waals surface area contributed by atoms with E-state index in [9.17, 15) is 0 Å². The van der Waals surface area contributed by atoms with Crippen molar-refractivity contribution in [3.63, 3.8) is 0 Å². The van der Waals surface area contributed by atoms with E-state index in [1.165, 1.54) is 17.5 Å². The molecule has 0 spiro atoms. The Morgan fingerprint density at radius 3 is 2.93 bits per heavy atom. The third-order valence-corrected chi connectivity index (χ3v) is 3.97. The van der Waals surface area contributed by atoms with Crippen LogP contribution in [0, 0.1) is 5.92 Å². The highest BCUT2D eigenvalue weighted by molar-refractivity contribution is 5.45. The van der Waals surface area contributed by atoms with Gasteiger partial charge in [-0.15, -0.1) is 0 Å². The van der Waals surface area contributed by atoms with Crippen LogP contribution in [0.5, 0.6) is 5.75 Å². The molecule has 1 saturated carbocycles. The Morgan fingerprint density at radius 2 is 2.20 bits per heavy atom. The number of rotatable bonds is 2. The van der Waals surface area contributed by atoms with E-state index in [0.29, 0.717) is 5.92 Å². The fraction of sp³-hybridized carbons (Fsp3) is 0.538. The van der Waals surface area contributed by atoms with E-state index in [1.807, 2.05) is 7.11 Å². The molecule has 15 heavy (non-hydrogen) atoms. The monoisotopic (exact) mass is 204 g/mol. The molecule has 0 aliphatic heterocycles. The van der Waals surface area contributed by atoms with Gasteiger partial charge in [0.05, 0.1) is 12.7 Å². The van der Waals surface area contributed by atoms with E-state index >= 15 is 0 Å². The average Bonchev–Trinajstić information content (AvgIpc) is 2.98. The number of hydrogen-bond acceptors (Lipinski definition) is 2. The Labute approximate surface area is 90.2 Å². The lowest BCUT2D eigenvalue weighted by atomic mass is 9.89. The molecule has 2 aliphatic carbocycles. The van der Waals surface area contributed by atoms with Crippen LogP contribution in [-0.4, -0.2) is 19.8 Å². The summed E-state index contributed by atoms with van der Waals surface area (Å²) in [6.07, 6.45) is 3.38. The molecule has 3 rings (SSSR count). The molecular weight excluding hydrogens is 188 g/mol. The molecule has 1 fully saturated rings. The largest absolute Gasteiger partial charge is 0.496 e. The Morgan fingerprint density at radius 1 is 1.33 bits per heavy atom. The van der Waals surface area contributed by atoms with Gasteiger partial charge in [-0.1, -0.05) is 12.1 Å². The van der Waals surface area contributed by atoms with Crippen LogP contribution < -0.4 is 4.74 Å². The second-order valence-corrected chi connectivity index (χ2v) is 4.65. The zero-order chi connectivity index (χ0) is 10.5. The topological polar surface area (TPSA) is 18.5 Å². The van der Waals surface area contributed by atoms with Gasteiger partial charge in [-0.05, 0) is 36.0 Å². The maximum atomic E-state index is 5.64. The van der Waals surface area contributed by atoms with Gasteiger partial charge in [0.25, 0.3) is 0 Å². The van der Waals surface area contributed by atoms with Gasteiger partial charge in [0, 0.05) is 13.5 Å². The molecule has 0 radical (unpaired) electrons. The first-order chi connectivity index (χ1) is 7.29. The van der Waals surface area contributed by atoms with Crippen molar-refractivity contribution >= 4 is 0 Å². The number of ether oxygens (including phenoxy) is 2. The zero-order valence-corrected chi connectivity index (χ0v) is 9.25. The van der Waals surface area contributed by atoms with Crippen molar-refractivity contribution in [2.24, 2.45) is 5.92 Å². The first-order valence-corrected chi connectivity index (χ1v) is 5.49. The molecule has 2 heteroatoms. The Hall–Kier alpha value is -1.02. The van der Waals surface area contributed by atoms with Crippen LogP contribution in [-0.2, 0) is 17.6 Å². The van der Waals surface area contributed by atoms with Crippen LogP contribution in [0.1, 0.15) is 17.5 Å². The molecule has 2 aliphatic rings. The minimum atomic E-state index is 0.166. The zero-order valence-electron chi connectivity index (χ0n) is 9.25. The Bertz CT molecular complexity index is 400. The maximum Gasteiger partial charge on any atom is 0.122 e. The van der Waals surface area contributed by atoms with Gasteiger partial charge in [0.1, 0.15) is 5.75 Å². The molecule has 2 nitrogen and oxygen atoms in total. The Balaban J connectivity index is 2.01. The predicted octanol–water partition coefficient (Wildman–Crippen LogP) is 2.20. The van der Waals surface area contributed by atoms with E-state index in [4.69, 9.17) is 9.47 Å². The average molecular weight is 204 g/mol. The van der Waals surface area contributed by atoms with Crippen LogP contribution in [0.3, 0.4) is 0 Å². The molecule has 0 heterocycles. The van der Waals surface area contributed by atoms with Crippen LogP contribution in [0.4, 0.5) is 0 Å². The quantitative estimate of drug-likeness (QED) is 0.735. The van der Waals surface area contributed by atoms with Crippen LogP contribution in [0.2, 0.25) is 0 Å². The summed E-state index contributed by atoms with van der Waals surface area (Å²) >= 11 is 0. The van der Waals surface area contributed by atoms with E-state index in [0.717, 1.165) is 18.6 Å². The summed E-state index contributed by atoms with van der Waals surface area (Å²) in [5.74, 6) is 1.76. The SMILES string of the molecule is COc1cccc2c1CC1CC1(OC)C2.